The summed E-state index contributed by atoms with van der Waals surface area (Å²) in [6.07, 6.45) is -0.502. The highest BCUT2D eigenvalue weighted by atomic mass is 15.1. The number of para-hydroxylation sites is 3. The summed E-state index contributed by atoms with van der Waals surface area (Å²) in [7, 11) is 0. The molecule has 0 saturated carbocycles. The van der Waals surface area contributed by atoms with Crippen molar-refractivity contribution >= 4 is 55.0 Å². The molecule has 3 heterocycles. The topological polar surface area (TPSA) is 106 Å². The summed E-state index contributed by atoms with van der Waals surface area (Å²) in [6.45, 7) is 0. The summed E-state index contributed by atoms with van der Waals surface area (Å²) in [6, 6.07) is 57.8. The van der Waals surface area contributed by atoms with Crippen LogP contribution in [0.2, 0.25) is 0 Å². The van der Waals surface area contributed by atoms with Gasteiger partial charge in [-0.15, -0.1) is 0 Å². The predicted molar refractivity (Wildman–Crippen MR) is 214 cm³/mol. The average molecular weight is 690 g/mol. The van der Waals surface area contributed by atoms with Crippen LogP contribution in [0, 0.1) is 34.0 Å². The average Bonchev–Trinajstić information content (AvgIpc) is 3.74. The summed E-state index contributed by atoms with van der Waals surface area (Å²) in [5.74, 6) is 0. The standard InChI is InChI=1S/C47H27N7/c48-26-29-21-32(28-50)45-40(22-29)46(52-47(51-45)30-11-3-1-4-12-30)35-20-19-34(23-31(35)27-49)54-42-18-10-8-16-37(42)39-24-43-38(25-44(39)54)36-15-7-9-17-41(36)53(43)33-13-5-2-6-14-33/h1-25,47,51H. The maximum absolute atomic E-state index is 10.8. The molecule has 0 saturated heterocycles. The Morgan fingerprint density at radius 2 is 1.07 bits per heavy atom. The molecule has 7 heteroatoms. The maximum Gasteiger partial charge on any atom is 0.145 e. The Morgan fingerprint density at radius 1 is 0.481 bits per heavy atom. The molecular weight excluding hydrogens is 663 g/mol. The summed E-state index contributed by atoms with van der Waals surface area (Å²) >= 11 is 0. The summed E-state index contributed by atoms with van der Waals surface area (Å²) < 4.78 is 4.56. The smallest absolute Gasteiger partial charge is 0.145 e. The maximum atomic E-state index is 10.8. The second-order valence-electron chi connectivity index (χ2n) is 13.4. The van der Waals surface area contributed by atoms with Gasteiger partial charge in [-0.05, 0) is 72.3 Å². The Labute approximate surface area is 310 Å². The first-order valence-electron chi connectivity index (χ1n) is 17.6. The SMILES string of the molecule is N#Cc1cc(C#N)c2c(c1)C(c1ccc(-n3c4ccccc4c4cc5c(cc43)c3ccccc3n5-c3ccccc3)cc1C#N)=NC(c1ccccc1)N2. The van der Waals surface area contributed by atoms with Crippen molar-refractivity contribution in [3.8, 4) is 29.6 Å². The number of fused-ring (bicyclic) bond motifs is 7. The Bertz CT molecular complexity index is 3170. The number of aliphatic imine (C=N–C) groups is 1. The van der Waals surface area contributed by atoms with Crippen LogP contribution in [0.5, 0.6) is 0 Å². The molecule has 0 aliphatic carbocycles. The van der Waals surface area contributed by atoms with E-state index in [4.69, 9.17) is 4.99 Å². The zero-order chi connectivity index (χ0) is 36.3. The number of nitrogens with zero attached hydrogens (tertiary/aromatic N) is 6. The minimum atomic E-state index is -0.502. The van der Waals surface area contributed by atoms with Crippen LogP contribution in [0.3, 0.4) is 0 Å². The van der Waals surface area contributed by atoms with Gasteiger partial charge in [0.2, 0.25) is 0 Å². The fraction of sp³-hybridized carbons (Fsp3) is 0.0213. The Hall–Kier alpha value is -7.92. The first-order chi connectivity index (χ1) is 26.6. The van der Waals surface area contributed by atoms with Crippen LogP contribution < -0.4 is 5.32 Å². The minimum Gasteiger partial charge on any atom is -0.358 e. The molecule has 0 amide bonds. The van der Waals surface area contributed by atoms with E-state index >= 15 is 0 Å². The van der Waals surface area contributed by atoms with Crippen molar-refractivity contribution in [1.29, 1.82) is 15.8 Å². The van der Waals surface area contributed by atoms with Crippen molar-refractivity contribution in [1.82, 2.24) is 9.13 Å². The van der Waals surface area contributed by atoms with Crippen LogP contribution in [0.15, 0.2) is 157 Å². The van der Waals surface area contributed by atoms with Crippen LogP contribution in [0.1, 0.15) is 39.5 Å². The number of anilines is 1. The Morgan fingerprint density at radius 3 is 1.70 bits per heavy atom. The second-order valence-corrected chi connectivity index (χ2v) is 13.4. The first kappa shape index (κ1) is 30.9. The fourth-order valence-electron chi connectivity index (χ4n) is 8.05. The lowest BCUT2D eigenvalue weighted by Crippen LogP contribution is -2.22. The third kappa shape index (κ3) is 4.62. The molecule has 250 valence electrons. The molecule has 1 atom stereocenters. The summed E-state index contributed by atoms with van der Waals surface area (Å²) in [4.78, 5) is 5.13. The number of benzene rings is 7. The summed E-state index contributed by atoms with van der Waals surface area (Å²) in [5.41, 5.74) is 10.6. The molecule has 1 unspecified atom stereocenters. The molecule has 0 fully saturated rings. The first-order valence-corrected chi connectivity index (χ1v) is 17.6. The van der Waals surface area contributed by atoms with E-state index in [1.165, 1.54) is 0 Å². The summed E-state index contributed by atoms with van der Waals surface area (Å²) in [5, 5.41) is 38.7. The molecule has 1 aliphatic heterocycles. The van der Waals surface area contributed by atoms with Gasteiger partial charge in [0.05, 0.1) is 62.3 Å². The second kappa shape index (κ2) is 12.1. The number of hydrogen-bond acceptors (Lipinski definition) is 5. The van der Waals surface area contributed by atoms with Gasteiger partial charge in [0.1, 0.15) is 12.2 Å². The molecule has 7 nitrogen and oxygen atoms in total. The lowest BCUT2D eigenvalue weighted by Gasteiger charge is -2.27. The van der Waals surface area contributed by atoms with Gasteiger partial charge < -0.3 is 14.5 Å². The number of nitrogens with one attached hydrogen (secondary N) is 1. The van der Waals surface area contributed by atoms with Crippen molar-refractivity contribution in [3.05, 3.63) is 185 Å². The lowest BCUT2D eigenvalue weighted by molar-refractivity contribution is 0.827. The van der Waals surface area contributed by atoms with Crippen molar-refractivity contribution in [3.63, 3.8) is 0 Å². The zero-order valence-electron chi connectivity index (χ0n) is 28.7. The van der Waals surface area contributed by atoms with Crippen molar-refractivity contribution in [2.45, 2.75) is 6.17 Å². The number of hydrogen-bond donors (Lipinski definition) is 1. The molecule has 0 spiro atoms. The van der Waals surface area contributed by atoms with E-state index in [1.807, 2.05) is 60.7 Å². The van der Waals surface area contributed by atoms with E-state index in [1.54, 1.807) is 12.1 Å². The van der Waals surface area contributed by atoms with Crippen LogP contribution in [0.4, 0.5) is 5.69 Å². The third-order valence-corrected chi connectivity index (χ3v) is 10.4. The molecule has 0 bridgehead atoms. The van der Waals surface area contributed by atoms with E-state index < -0.39 is 6.17 Å². The van der Waals surface area contributed by atoms with Crippen LogP contribution in [-0.4, -0.2) is 14.8 Å². The molecule has 2 aromatic heterocycles. The molecule has 1 N–H and O–H groups in total. The number of nitriles is 3. The van der Waals surface area contributed by atoms with Crippen molar-refractivity contribution in [2.24, 2.45) is 4.99 Å². The van der Waals surface area contributed by atoms with Crippen molar-refractivity contribution in [2.75, 3.05) is 5.32 Å². The highest BCUT2D eigenvalue weighted by Crippen LogP contribution is 2.41. The van der Waals surface area contributed by atoms with Gasteiger partial charge >= 0.3 is 0 Å². The van der Waals surface area contributed by atoms with E-state index in [9.17, 15) is 15.8 Å². The normalized spacial score (nSPS) is 13.6. The number of aromatic nitrogens is 2. The van der Waals surface area contributed by atoms with Crippen LogP contribution >= 0.6 is 0 Å². The Kier molecular flexibility index (Phi) is 6.92. The minimum absolute atomic E-state index is 0.345. The monoisotopic (exact) mass is 689 g/mol. The highest BCUT2D eigenvalue weighted by molar-refractivity contribution is 6.20. The quantitative estimate of drug-likeness (QED) is 0.198. The molecule has 54 heavy (non-hydrogen) atoms. The zero-order valence-corrected chi connectivity index (χ0v) is 28.7. The molecule has 0 radical (unpaired) electrons. The predicted octanol–water partition coefficient (Wildman–Crippen LogP) is 10.5. The lowest BCUT2D eigenvalue weighted by atomic mass is 9.91. The number of rotatable bonds is 4. The molecule has 10 rings (SSSR count). The highest BCUT2D eigenvalue weighted by Gasteiger charge is 2.28. The van der Waals surface area contributed by atoms with Gasteiger partial charge in [0.25, 0.3) is 0 Å². The van der Waals surface area contributed by atoms with Gasteiger partial charge in [0.15, 0.2) is 0 Å². The van der Waals surface area contributed by atoms with Crippen LogP contribution in [0.25, 0.3) is 55.0 Å². The van der Waals surface area contributed by atoms with Crippen LogP contribution in [-0.2, 0) is 0 Å². The molecular formula is C47H27N7. The van der Waals surface area contributed by atoms with E-state index in [0.29, 0.717) is 39.2 Å². The van der Waals surface area contributed by atoms with Gasteiger partial charge in [0, 0.05) is 44.0 Å². The molecule has 9 aromatic rings. The largest absolute Gasteiger partial charge is 0.358 e. The van der Waals surface area contributed by atoms with E-state index in [-0.39, 0.29) is 0 Å². The molecule has 7 aromatic carbocycles. The van der Waals surface area contributed by atoms with E-state index in [0.717, 1.165) is 60.5 Å². The third-order valence-electron chi connectivity index (χ3n) is 10.4. The van der Waals surface area contributed by atoms with Gasteiger partial charge in [-0.25, -0.2) is 0 Å². The Balaban J connectivity index is 1.21. The van der Waals surface area contributed by atoms with Gasteiger partial charge in [-0.2, -0.15) is 15.8 Å². The van der Waals surface area contributed by atoms with Gasteiger partial charge in [-0.1, -0.05) is 84.9 Å². The van der Waals surface area contributed by atoms with Crippen molar-refractivity contribution < 1.29 is 0 Å². The van der Waals surface area contributed by atoms with Gasteiger partial charge in [-0.3, -0.25) is 4.99 Å². The molecule has 1 aliphatic rings. The fourth-order valence-corrected chi connectivity index (χ4v) is 8.05. The van der Waals surface area contributed by atoms with E-state index in [2.05, 4.69) is 112 Å².